The summed E-state index contributed by atoms with van der Waals surface area (Å²) in [7, 11) is 0. The fraction of sp³-hybridized carbons (Fsp3) is 0. The van der Waals surface area contributed by atoms with Gasteiger partial charge in [-0.2, -0.15) is 5.10 Å². The lowest BCUT2D eigenvalue weighted by molar-refractivity contribution is -0.131. The number of aromatic amines is 1. The molecule has 6 nitrogen and oxygen atoms in total. The van der Waals surface area contributed by atoms with Crippen LogP contribution in [0.25, 0.3) is 6.08 Å². The first-order chi connectivity index (χ1) is 8.65. The second-order valence-corrected chi connectivity index (χ2v) is 4.29. The Bertz CT molecular complexity index is 586. The van der Waals surface area contributed by atoms with Crippen LogP contribution >= 0.6 is 11.3 Å². The topological polar surface area (TPSA) is 95.1 Å². The monoisotopic (exact) mass is 263 g/mol. The molecule has 2 heterocycles. The molecule has 0 radical (unpaired) electrons. The molecular weight excluding hydrogens is 254 g/mol. The number of carboxylic acid groups (broad SMARTS) is 1. The van der Waals surface area contributed by atoms with Crippen molar-refractivity contribution >= 4 is 35.0 Å². The molecule has 2 aromatic rings. The van der Waals surface area contributed by atoms with Crippen LogP contribution in [0.15, 0.2) is 29.9 Å². The molecule has 18 heavy (non-hydrogen) atoms. The van der Waals surface area contributed by atoms with Crippen LogP contribution in [0.3, 0.4) is 0 Å². The summed E-state index contributed by atoms with van der Waals surface area (Å²) in [5.74, 6) is -1.28. The highest BCUT2D eigenvalue weighted by Gasteiger charge is 2.08. The number of carbonyl (C=O) groups excluding carboxylic acids is 1. The standard InChI is InChI=1S/C11H9N3O3S/c15-10(16)2-1-9-3-7(6-18-9)11(17)14-8-4-12-13-5-8/h1-6H,(H,12,13)(H,14,17)(H,15,16). The van der Waals surface area contributed by atoms with Crippen LogP contribution < -0.4 is 5.32 Å². The van der Waals surface area contributed by atoms with E-state index in [-0.39, 0.29) is 5.91 Å². The van der Waals surface area contributed by atoms with Crippen LogP contribution in [0.2, 0.25) is 0 Å². The summed E-state index contributed by atoms with van der Waals surface area (Å²) in [5, 5.41) is 19.1. The van der Waals surface area contributed by atoms with E-state index in [1.165, 1.54) is 23.6 Å². The lowest BCUT2D eigenvalue weighted by Crippen LogP contribution is -2.09. The van der Waals surface area contributed by atoms with E-state index in [1.807, 2.05) is 0 Å². The number of nitrogens with zero attached hydrogens (tertiary/aromatic N) is 1. The smallest absolute Gasteiger partial charge is 0.328 e. The summed E-state index contributed by atoms with van der Waals surface area (Å²) in [6.45, 7) is 0. The maximum atomic E-state index is 11.8. The van der Waals surface area contributed by atoms with Gasteiger partial charge in [0.15, 0.2) is 0 Å². The molecule has 0 fully saturated rings. The van der Waals surface area contributed by atoms with Crippen LogP contribution in [-0.4, -0.2) is 27.2 Å². The summed E-state index contributed by atoms with van der Waals surface area (Å²) in [6, 6.07) is 1.62. The molecule has 0 spiro atoms. The Labute approximate surface area is 106 Å². The van der Waals surface area contributed by atoms with Crippen molar-refractivity contribution in [2.24, 2.45) is 0 Å². The summed E-state index contributed by atoms with van der Waals surface area (Å²) in [4.78, 5) is 22.8. The molecule has 2 aromatic heterocycles. The van der Waals surface area contributed by atoms with E-state index in [0.29, 0.717) is 16.1 Å². The van der Waals surface area contributed by atoms with Gasteiger partial charge in [-0.25, -0.2) is 4.79 Å². The van der Waals surface area contributed by atoms with E-state index in [9.17, 15) is 9.59 Å². The van der Waals surface area contributed by atoms with Gasteiger partial charge in [-0.1, -0.05) is 0 Å². The Morgan fingerprint density at radius 3 is 3.00 bits per heavy atom. The summed E-state index contributed by atoms with van der Waals surface area (Å²) >= 11 is 1.30. The third kappa shape index (κ3) is 3.05. The maximum Gasteiger partial charge on any atom is 0.328 e. The number of carbonyl (C=O) groups is 2. The molecule has 0 saturated heterocycles. The zero-order valence-electron chi connectivity index (χ0n) is 9.08. The summed E-state index contributed by atoms with van der Waals surface area (Å²) in [6.07, 6.45) is 5.54. The Morgan fingerprint density at radius 2 is 2.33 bits per heavy atom. The molecule has 7 heteroatoms. The van der Waals surface area contributed by atoms with Crippen molar-refractivity contribution in [3.05, 3.63) is 40.4 Å². The van der Waals surface area contributed by atoms with Crippen molar-refractivity contribution in [2.45, 2.75) is 0 Å². The Morgan fingerprint density at radius 1 is 1.50 bits per heavy atom. The highest BCUT2D eigenvalue weighted by atomic mass is 32.1. The second-order valence-electron chi connectivity index (χ2n) is 3.35. The number of H-pyrrole nitrogens is 1. The number of amides is 1. The largest absolute Gasteiger partial charge is 0.478 e. The molecule has 92 valence electrons. The Balaban J connectivity index is 2.05. The maximum absolute atomic E-state index is 11.8. The average molecular weight is 263 g/mol. The molecule has 0 atom stereocenters. The van der Waals surface area contributed by atoms with E-state index >= 15 is 0 Å². The molecule has 3 N–H and O–H groups in total. The quantitative estimate of drug-likeness (QED) is 0.733. The Kier molecular flexibility index (Phi) is 3.54. The van der Waals surface area contributed by atoms with Gasteiger partial charge in [0.05, 0.1) is 17.4 Å². The fourth-order valence-corrected chi connectivity index (χ4v) is 2.01. The number of aliphatic carboxylic acids is 1. The molecular formula is C11H9N3O3S. The number of hydrogen-bond donors (Lipinski definition) is 3. The van der Waals surface area contributed by atoms with Crippen LogP contribution in [-0.2, 0) is 4.79 Å². The number of aromatic nitrogens is 2. The lowest BCUT2D eigenvalue weighted by atomic mass is 10.3. The van der Waals surface area contributed by atoms with Crippen molar-refractivity contribution in [1.82, 2.24) is 10.2 Å². The highest BCUT2D eigenvalue weighted by Crippen LogP contribution is 2.17. The molecule has 0 unspecified atom stereocenters. The van der Waals surface area contributed by atoms with Crippen LogP contribution in [0.4, 0.5) is 5.69 Å². The molecule has 1 amide bonds. The number of thiophene rings is 1. The second kappa shape index (κ2) is 5.28. The molecule has 2 rings (SSSR count). The van der Waals surface area contributed by atoms with E-state index < -0.39 is 5.97 Å². The molecule has 0 saturated carbocycles. The lowest BCUT2D eigenvalue weighted by Gasteiger charge is -1.97. The number of rotatable bonds is 4. The van der Waals surface area contributed by atoms with Crippen LogP contribution in [0.5, 0.6) is 0 Å². The first-order valence-corrected chi connectivity index (χ1v) is 5.83. The van der Waals surface area contributed by atoms with Crippen molar-refractivity contribution in [3.63, 3.8) is 0 Å². The molecule has 0 aliphatic heterocycles. The summed E-state index contributed by atoms with van der Waals surface area (Å²) < 4.78 is 0. The minimum atomic E-state index is -1.02. The third-order valence-electron chi connectivity index (χ3n) is 2.03. The molecule has 0 bridgehead atoms. The zero-order chi connectivity index (χ0) is 13.0. The van der Waals surface area contributed by atoms with Gasteiger partial charge >= 0.3 is 5.97 Å². The van der Waals surface area contributed by atoms with Gasteiger partial charge in [0.2, 0.25) is 0 Å². The van der Waals surface area contributed by atoms with Gasteiger partial charge in [0.1, 0.15) is 0 Å². The SMILES string of the molecule is O=C(O)C=Cc1cc(C(=O)Nc2cn[nH]c2)cs1. The highest BCUT2D eigenvalue weighted by molar-refractivity contribution is 7.11. The summed E-state index contributed by atoms with van der Waals surface area (Å²) in [5.41, 5.74) is 1.06. The van der Waals surface area contributed by atoms with Crippen molar-refractivity contribution < 1.29 is 14.7 Å². The van der Waals surface area contributed by atoms with Crippen molar-refractivity contribution in [2.75, 3.05) is 5.32 Å². The Hall–Kier alpha value is -2.41. The first-order valence-electron chi connectivity index (χ1n) is 4.95. The van der Waals surface area contributed by atoms with E-state index in [2.05, 4.69) is 15.5 Å². The van der Waals surface area contributed by atoms with Crippen molar-refractivity contribution in [3.8, 4) is 0 Å². The van der Waals surface area contributed by atoms with E-state index in [0.717, 1.165) is 6.08 Å². The predicted octanol–water partition coefficient (Wildman–Crippen LogP) is 1.82. The van der Waals surface area contributed by atoms with Gasteiger partial charge in [0.25, 0.3) is 5.91 Å². The predicted molar refractivity (Wildman–Crippen MR) is 67.5 cm³/mol. The fourth-order valence-electron chi connectivity index (χ4n) is 1.24. The normalized spacial score (nSPS) is 10.7. The number of anilines is 1. The molecule has 0 aromatic carbocycles. The average Bonchev–Trinajstić information content (AvgIpc) is 2.96. The van der Waals surface area contributed by atoms with Gasteiger partial charge in [-0.3, -0.25) is 9.89 Å². The van der Waals surface area contributed by atoms with Crippen LogP contribution in [0, 0.1) is 0 Å². The zero-order valence-corrected chi connectivity index (χ0v) is 9.90. The molecule has 0 aliphatic rings. The van der Waals surface area contributed by atoms with E-state index in [4.69, 9.17) is 5.11 Å². The first kappa shape index (κ1) is 12.1. The van der Waals surface area contributed by atoms with Gasteiger partial charge in [0, 0.05) is 22.5 Å². The minimum Gasteiger partial charge on any atom is -0.478 e. The number of nitrogens with one attached hydrogen (secondary N) is 2. The van der Waals surface area contributed by atoms with E-state index in [1.54, 1.807) is 17.6 Å². The van der Waals surface area contributed by atoms with Crippen LogP contribution in [0.1, 0.15) is 15.2 Å². The van der Waals surface area contributed by atoms with Gasteiger partial charge < -0.3 is 10.4 Å². The number of carboxylic acids is 1. The van der Waals surface area contributed by atoms with Gasteiger partial charge in [-0.05, 0) is 12.1 Å². The van der Waals surface area contributed by atoms with Gasteiger partial charge in [-0.15, -0.1) is 11.3 Å². The number of hydrogen-bond acceptors (Lipinski definition) is 4. The third-order valence-corrected chi connectivity index (χ3v) is 2.93. The van der Waals surface area contributed by atoms with Crippen molar-refractivity contribution in [1.29, 1.82) is 0 Å². The minimum absolute atomic E-state index is 0.261. The molecule has 0 aliphatic carbocycles.